The summed E-state index contributed by atoms with van der Waals surface area (Å²) in [6, 6.07) is 11.9. The number of amides is 1. The maximum atomic E-state index is 12.8. The number of ether oxygens (including phenoxy) is 1. The van der Waals surface area contributed by atoms with Gasteiger partial charge in [-0.1, -0.05) is 30.3 Å². The summed E-state index contributed by atoms with van der Waals surface area (Å²) in [6.45, 7) is 3.75. The smallest absolute Gasteiger partial charge is 0.327 e. The molecule has 2 heterocycles. The van der Waals surface area contributed by atoms with Crippen LogP contribution in [0.4, 0.5) is 11.6 Å². The number of aldehydes is 1. The van der Waals surface area contributed by atoms with Gasteiger partial charge in [-0.3, -0.25) is 19.3 Å². The molecule has 1 aliphatic heterocycles. The van der Waals surface area contributed by atoms with Crippen LogP contribution in [0.5, 0.6) is 0 Å². The summed E-state index contributed by atoms with van der Waals surface area (Å²) in [6.07, 6.45) is 0.0793. The lowest BCUT2D eigenvalue weighted by molar-refractivity contribution is -0.140. The molecule has 34 heavy (non-hydrogen) atoms. The van der Waals surface area contributed by atoms with Gasteiger partial charge >= 0.3 is 5.97 Å². The van der Waals surface area contributed by atoms with Crippen LogP contribution in [-0.2, 0) is 25.5 Å². The highest BCUT2D eigenvalue weighted by Crippen LogP contribution is 2.31. The highest BCUT2D eigenvalue weighted by Gasteiger charge is 2.33. The second-order valence-corrected chi connectivity index (χ2v) is 8.00. The van der Waals surface area contributed by atoms with Gasteiger partial charge in [0.25, 0.3) is 5.91 Å². The molecule has 0 radical (unpaired) electrons. The van der Waals surface area contributed by atoms with Crippen molar-refractivity contribution in [3.8, 4) is 0 Å². The molecule has 4 rings (SSSR count). The van der Waals surface area contributed by atoms with Crippen LogP contribution in [0.25, 0.3) is 11.0 Å². The van der Waals surface area contributed by atoms with Gasteiger partial charge in [0.1, 0.15) is 11.6 Å². The van der Waals surface area contributed by atoms with Gasteiger partial charge in [-0.05, 0) is 24.6 Å². The summed E-state index contributed by atoms with van der Waals surface area (Å²) in [5.41, 5.74) is 1.25. The van der Waals surface area contributed by atoms with Gasteiger partial charge in [-0.15, -0.1) is 0 Å². The topological polar surface area (TPSA) is 117 Å². The van der Waals surface area contributed by atoms with Gasteiger partial charge in [-0.2, -0.15) is 0 Å². The van der Waals surface area contributed by atoms with Crippen molar-refractivity contribution in [2.24, 2.45) is 0 Å². The molecule has 0 bridgehead atoms. The minimum Gasteiger partial charge on any atom is -0.480 e. The molecule has 0 spiro atoms. The van der Waals surface area contributed by atoms with Crippen LogP contribution >= 0.6 is 0 Å². The number of carbonyl (C=O) groups excluding carboxylic acids is 2. The Balaban J connectivity index is 1.83. The number of carboxylic acid groups (broad SMARTS) is 1. The third-order valence-corrected chi connectivity index (χ3v) is 5.89. The van der Waals surface area contributed by atoms with E-state index >= 15 is 0 Å². The van der Waals surface area contributed by atoms with Crippen LogP contribution in [0.3, 0.4) is 0 Å². The average molecular weight is 464 g/mol. The van der Waals surface area contributed by atoms with Crippen LogP contribution in [0.15, 0.2) is 57.7 Å². The fourth-order valence-electron chi connectivity index (χ4n) is 4.15. The second kappa shape index (κ2) is 9.88. The van der Waals surface area contributed by atoms with Gasteiger partial charge in [0, 0.05) is 31.1 Å². The first-order valence-corrected chi connectivity index (χ1v) is 10.9. The molecule has 0 saturated carbocycles. The zero-order chi connectivity index (χ0) is 24.2. The molecular formula is C25H24N2O7. The van der Waals surface area contributed by atoms with Gasteiger partial charge in [-0.25, -0.2) is 4.79 Å². The summed E-state index contributed by atoms with van der Waals surface area (Å²) >= 11 is 0. The first-order valence-electron chi connectivity index (χ1n) is 10.9. The van der Waals surface area contributed by atoms with E-state index in [1.807, 2.05) is 4.90 Å². The maximum Gasteiger partial charge on any atom is 0.327 e. The zero-order valence-corrected chi connectivity index (χ0v) is 18.6. The molecule has 0 aliphatic carbocycles. The molecule has 1 fully saturated rings. The van der Waals surface area contributed by atoms with E-state index in [1.165, 1.54) is 18.2 Å². The molecule has 3 aromatic rings. The van der Waals surface area contributed by atoms with Crippen molar-refractivity contribution in [1.29, 1.82) is 0 Å². The summed E-state index contributed by atoms with van der Waals surface area (Å²) < 4.78 is 11.4. The highest BCUT2D eigenvalue weighted by atomic mass is 16.5. The Labute approximate surface area is 195 Å². The van der Waals surface area contributed by atoms with E-state index in [9.17, 15) is 24.3 Å². The van der Waals surface area contributed by atoms with Crippen LogP contribution < -0.4 is 15.2 Å². The lowest BCUT2D eigenvalue weighted by atomic mass is 10.0. The number of rotatable bonds is 7. The molecule has 1 aromatic heterocycles. The molecule has 1 saturated heterocycles. The number of nitrogens with zero attached hydrogens (tertiary/aromatic N) is 2. The number of hydrogen-bond acceptors (Lipinski definition) is 7. The third-order valence-electron chi connectivity index (χ3n) is 5.89. The quantitative estimate of drug-likeness (QED) is 0.418. The second-order valence-electron chi connectivity index (χ2n) is 8.00. The number of carbonyl (C=O) groups is 3. The van der Waals surface area contributed by atoms with Crippen LogP contribution in [0.1, 0.15) is 11.1 Å². The first-order chi connectivity index (χ1) is 16.4. The third kappa shape index (κ3) is 4.55. The Bertz CT molecular complexity index is 1280. The van der Waals surface area contributed by atoms with Crippen LogP contribution in [-0.4, -0.2) is 55.6 Å². The molecule has 1 atom stereocenters. The van der Waals surface area contributed by atoms with E-state index in [-0.39, 0.29) is 29.4 Å². The number of fused-ring (bicyclic) bond motifs is 1. The Morgan fingerprint density at radius 2 is 1.85 bits per heavy atom. The van der Waals surface area contributed by atoms with Crippen LogP contribution in [0.2, 0.25) is 0 Å². The Kier molecular flexibility index (Phi) is 6.74. The van der Waals surface area contributed by atoms with Gasteiger partial charge in [0.2, 0.25) is 6.29 Å². The summed E-state index contributed by atoms with van der Waals surface area (Å²) in [5, 5.41) is 10.3. The van der Waals surface area contributed by atoms with E-state index in [0.717, 1.165) is 4.90 Å². The predicted molar refractivity (Wildman–Crippen MR) is 125 cm³/mol. The minimum absolute atomic E-state index is 0.00893. The maximum absolute atomic E-state index is 12.8. The number of morpholine rings is 1. The fraction of sp³-hybridized carbons (Fsp3) is 0.280. The van der Waals surface area contributed by atoms with E-state index in [1.54, 1.807) is 37.3 Å². The lowest BCUT2D eigenvalue weighted by Gasteiger charge is -2.30. The summed E-state index contributed by atoms with van der Waals surface area (Å²) in [5.74, 6) is -1.90. The number of hydrogen-bond donors (Lipinski definition) is 1. The number of benzene rings is 2. The average Bonchev–Trinajstić information content (AvgIpc) is 2.86. The van der Waals surface area contributed by atoms with Crippen molar-refractivity contribution in [2.45, 2.75) is 19.4 Å². The Morgan fingerprint density at radius 1 is 1.15 bits per heavy atom. The zero-order valence-electron chi connectivity index (χ0n) is 18.6. The molecular weight excluding hydrogens is 440 g/mol. The summed E-state index contributed by atoms with van der Waals surface area (Å²) in [7, 11) is 0. The first kappa shape index (κ1) is 23.2. The van der Waals surface area contributed by atoms with Crippen LogP contribution in [0, 0.1) is 6.92 Å². The standard InChI is InChI=1S/C25H24N2O7/c1-16-19(27(22(30)15-28)20(25(31)32)13-17-5-3-2-4-6-17)8-7-18-21(29)14-23(34-24(16)18)26-9-11-33-12-10-26/h2-8,14-15,20H,9-13H2,1H3,(H,31,32)/t20-/m0/s1. The van der Waals surface area contributed by atoms with Gasteiger partial charge in [0.15, 0.2) is 11.3 Å². The van der Waals surface area contributed by atoms with Crippen molar-refractivity contribution in [2.75, 3.05) is 36.1 Å². The number of carboxylic acids is 1. The molecule has 176 valence electrons. The number of anilines is 2. The van der Waals surface area contributed by atoms with Gasteiger partial charge < -0.3 is 19.2 Å². The van der Waals surface area contributed by atoms with Crippen molar-refractivity contribution >= 4 is 40.7 Å². The van der Waals surface area contributed by atoms with Crippen molar-refractivity contribution in [1.82, 2.24) is 0 Å². The Morgan fingerprint density at radius 3 is 2.50 bits per heavy atom. The largest absolute Gasteiger partial charge is 0.480 e. The van der Waals surface area contributed by atoms with Crippen molar-refractivity contribution in [3.63, 3.8) is 0 Å². The molecule has 9 heteroatoms. The fourth-order valence-corrected chi connectivity index (χ4v) is 4.15. The molecule has 0 unspecified atom stereocenters. The van der Waals surface area contributed by atoms with Crippen molar-refractivity contribution in [3.05, 3.63) is 69.9 Å². The lowest BCUT2D eigenvalue weighted by Crippen LogP contribution is -2.47. The highest BCUT2D eigenvalue weighted by molar-refractivity contribution is 6.31. The molecule has 9 nitrogen and oxygen atoms in total. The number of aliphatic carboxylic acids is 1. The molecule has 1 aliphatic rings. The molecule has 1 amide bonds. The Hall–Kier alpha value is -3.98. The van der Waals surface area contributed by atoms with E-state index in [0.29, 0.717) is 48.7 Å². The van der Waals surface area contributed by atoms with E-state index < -0.39 is 17.9 Å². The van der Waals surface area contributed by atoms with E-state index in [2.05, 4.69) is 0 Å². The SMILES string of the molecule is Cc1c(N(C(=O)C=O)[C@@H](Cc2ccccc2)C(=O)O)ccc2c(=O)cc(N3CCOCC3)oc12. The van der Waals surface area contributed by atoms with Gasteiger partial charge in [0.05, 0.1) is 24.3 Å². The van der Waals surface area contributed by atoms with Crippen molar-refractivity contribution < 1.29 is 28.6 Å². The molecule has 2 aromatic carbocycles. The van der Waals surface area contributed by atoms with E-state index in [4.69, 9.17) is 9.15 Å². The monoisotopic (exact) mass is 464 g/mol. The summed E-state index contributed by atoms with van der Waals surface area (Å²) in [4.78, 5) is 52.1. The predicted octanol–water partition coefficient (Wildman–Crippen LogP) is 2.17. The minimum atomic E-state index is -1.34. The molecule has 1 N–H and O–H groups in total. The normalized spacial score (nSPS) is 14.6. The number of aryl methyl sites for hydroxylation is 1.